The van der Waals surface area contributed by atoms with E-state index < -0.39 is 6.10 Å². The van der Waals surface area contributed by atoms with Crippen LogP contribution in [0.4, 0.5) is 0 Å². The molecule has 112 valence electrons. The number of benzene rings is 1. The van der Waals surface area contributed by atoms with Crippen molar-refractivity contribution < 1.29 is 9.84 Å². The zero-order valence-corrected chi connectivity index (χ0v) is 12.4. The average molecular weight is 286 g/mol. The van der Waals surface area contributed by atoms with E-state index in [4.69, 9.17) is 4.74 Å². The Kier molecular flexibility index (Phi) is 6.34. The van der Waals surface area contributed by atoms with Gasteiger partial charge in [-0.25, -0.2) is 0 Å². The first-order valence-corrected chi connectivity index (χ1v) is 7.11. The van der Waals surface area contributed by atoms with E-state index in [-0.39, 0.29) is 0 Å². The first-order valence-electron chi connectivity index (χ1n) is 7.11. The number of hydrogen-bond donors (Lipinski definition) is 1. The van der Waals surface area contributed by atoms with Crippen molar-refractivity contribution in [2.75, 3.05) is 20.2 Å². The van der Waals surface area contributed by atoms with Crippen LogP contribution in [0.1, 0.15) is 11.1 Å². The fraction of sp³-hybridized carbons (Fsp3) is 0.353. The third kappa shape index (κ3) is 6.04. The molecule has 1 atom stereocenters. The fourth-order valence-corrected chi connectivity index (χ4v) is 2.16. The summed E-state index contributed by atoms with van der Waals surface area (Å²) in [4.78, 5) is 6.07. The molecule has 1 heterocycles. The Hall–Kier alpha value is -1.75. The third-order valence-corrected chi connectivity index (χ3v) is 3.15. The lowest BCUT2D eigenvalue weighted by Crippen LogP contribution is -2.31. The number of nitrogens with zero attached hydrogens (tertiary/aromatic N) is 2. The lowest BCUT2D eigenvalue weighted by atomic mass is 10.2. The van der Waals surface area contributed by atoms with Gasteiger partial charge in [-0.05, 0) is 30.3 Å². The smallest absolute Gasteiger partial charge is 0.0900 e. The first kappa shape index (κ1) is 15.6. The zero-order valence-electron chi connectivity index (χ0n) is 12.4. The second-order valence-corrected chi connectivity index (χ2v) is 5.21. The monoisotopic (exact) mass is 286 g/mol. The molecule has 0 radical (unpaired) electrons. The number of ether oxygens (including phenoxy) is 1. The van der Waals surface area contributed by atoms with Crippen LogP contribution in [-0.2, 0) is 17.9 Å². The summed E-state index contributed by atoms with van der Waals surface area (Å²) < 4.78 is 5.55. The number of rotatable bonds is 8. The molecule has 1 aromatic carbocycles. The molecule has 1 N–H and O–H groups in total. The fourth-order valence-electron chi connectivity index (χ4n) is 2.16. The molecule has 0 bridgehead atoms. The largest absolute Gasteiger partial charge is 0.389 e. The lowest BCUT2D eigenvalue weighted by molar-refractivity contribution is 0.0127. The van der Waals surface area contributed by atoms with Gasteiger partial charge in [0.05, 0.1) is 19.3 Å². The van der Waals surface area contributed by atoms with Gasteiger partial charge in [0.15, 0.2) is 0 Å². The zero-order chi connectivity index (χ0) is 14.9. The third-order valence-electron chi connectivity index (χ3n) is 3.15. The Balaban J connectivity index is 1.66. The van der Waals surface area contributed by atoms with Gasteiger partial charge >= 0.3 is 0 Å². The number of likely N-dealkylation sites (N-methyl/N-ethyl adjacent to an activating group) is 1. The molecule has 0 fully saturated rings. The first-order chi connectivity index (χ1) is 10.2. The van der Waals surface area contributed by atoms with Crippen LogP contribution in [0.15, 0.2) is 54.9 Å². The minimum absolute atomic E-state index is 0.343. The van der Waals surface area contributed by atoms with Crippen LogP contribution < -0.4 is 0 Å². The second-order valence-electron chi connectivity index (χ2n) is 5.21. The summed E-state index contributed by atoms with van der Waals surface area (Å²) in [6, 6.07) is 13.9. The highest BCUT2D eigenvalue weighted by molar-refractivity contribution is 5.13. The quantitative estimate of drug-likeness (QED) is 0.807. The Bertz CT molecular complexity index is 505. The van der Waals surface area contributed by atoms with E-state index in [9.17, 15) is 5.11 Å². The number of pyridine rings is 1. The molecule has 0 aliphatic rings. The number of aromatic nitrogens is 1. The van der Waals surface area contributed by atoms with Crippen LogP contribution in [0.3, 0.4) is 0 Å². The van der Waals surface area contributed by atoms with Gasteiger partial charge in [-0.3, -0.25) is 9.88 Å². The van der Waals surface area contributed by atoms with Gasteiger partial charge in [0.1, 0.15) is 0 Å². The van der Waals surface area contributed by atoms with Gasteiger partial charge in [0, 0.05) is 25.5 Å². The molecule has 21 heavy (non-hydrogen) atoms. The van der Waals surface area contributed by atoms with Gasteiger partial charge in [-0.2, -0.15) is 0 Å². The molecular weight excluding hydrogens is 264 g/mol. The molecule has 1 unspecified atom stereocenters. The molecule has 4 nitrogen and oxygen atoms in total. The van der Waals surface area contributed by atoms with Crippen LogP contribution in [0.2, 0.25) is 0 Å². The van der Waals surface area contributed by atoms with E-state index in [1.165, 1.54) is 5.56 Å². The van der Waals surface area contributed by atoms with Crippen molar-refractivity contribution in [2.24, 2.45) is 0 Å². The summed E-state index contributed by atoms with van der Waals surface area (Å²) >= 11 is 0. The predicted molar refractivity (Wildman–Crippen MR) is 82.7 cm³/mol. The molecule has 2 aromatic rings. The normalized spacial score (nSPS) is 12.5. The van der Waals surface area contributed by atoms with Crippen LogP contribution in [0, 0.1) is 0 Å². The number of aliphatic hydroxyl groups excluding tert-OH is 1. The van der Waals surface area contributed by atoms with Gasteiger partial charge in [-0.1, -0.05) is 30.3 Å². The standard InChI is InChI=1S/C17H22N2O2/c1-19(11-15-7-9-18-10-8-15)12-17(20)14-21-13-16-5-3-2-4-6-16/h2-10,17,20H,11-14H2,1H3. The summed E-state index contributed by atoms with van der Waals surface area (Å²) in [6.07, 6.45) is 3.08. The summed E-state index contributed by atoms with van der Waals surface area (Å²) in [5.74, 6) is 0. The van der Waals surface area contributed by atoms with Crippen molar-refractivity contribution in [1.29, 1.82) is 0 Å². The molecule has 0 saturated heterocycles. The molecule has 0 aliphatic heterocycles. The van der Waals surface area contributed by atoms with Crippen molar-refractivity contribution in [3.63, 3.8) is 0 Å². The van der Waals surface area contributed by atoms with Gasteiger partial charge in [0.25, 0.3) is 0 Å². The lowest BCUT2D eigenvalue weighted by Gasteiger charge is -2.20. The molecule has 2 rings (SSSR count). The minimum Gasteiger partial charge on any atom is -0.389 e. The average Bonchev–Trinajstić information content (AvgIpc) is 2.49. The van der Waals surface area contributed by atoms with E-state index >= 15 is 0 Å². The maximum absolute atomic E-state index is 10.00. The maximum atomic E-state index is 10.00. The van der Waals surface area contributed by atoms with Crippen molar-refractivity contribution in [1.82, 2.24) is 9.88 Å². The van der Waals surface area contributed by atoms with E-state index in [0.717, 1.165) is 12.1 Å². The Morgan fingerprint density at radius 3 is 2.52 bits per heavy atom. The molecule has 0 amide bonds. The highest BCUT2D eigenvalue weighted by Crippen LogP contribution is 2.04. The number of aliphatic hydroxyl groups is 1. The van der Waals surface area contributed by atoms with Gasteiger partial charge in [-0.15, -0.1) is 0 Å². The maximum Gasteiger partial charge on any atom is 0.0900 e. The van der Waals surface area contributed by atoms with Crippen LogP contribution in [-0.4, -0.2) is 41.3 Å². The highest BCUT2D eigenvalue weighted by Gasteiger charge is 2.09. The summed E-state index contributed by atoms with van der Waals surface area (Å²) in [6.45, 7) is 2.25. The second kappa shape index (κ2) is 8.52. The van der Waals surface area contributed by atoms with E-state index in [1.54, 1.807) is 12.4 Å². The highest BCUT2D eigenvalue weighted by atomic mass is 16.5. The van der Waals surface area contributed by atoms with E-state index in [1.807, 2.05) is 49.5 Å². The molecule has 0 saturated carbocycles. The topological polar surface area (TPSA) is 45.6 Å². The van der Waals surface area contributed by atoms with Crippen molar-refractivity contribution >= 4 is 0 Å². The Labute approximate surface area is 126 Å². The van der Waals surface area contributed by atoms with Crippen LogP contribution >= 0.6 is 0 Å². The SMILES string of the molecule is CN(Cc1ccncc1)CC(O)COCc1ccccc1. The van der Waals surface area contributed by atoms with Crippen molar-refractivity contribution in [3.8, 4) is 0 Å². The summed E-state index contributed by atoms with van der Waals surface area (Å²) in [7, 11) is 1.99. The number of hydrogen-bond acceptors (Lipinski definition) is 4. The summed E-state index contributed by atoms with van der Waals surface area (Å²) in [5, 5.41) is 10.00. The summed E-state index contributed by atoms with van der Waals surface area (Å²) in [5.41, 5.74) is 2.31. The van der Waals surface area contributed by atoms with Crippen molar-refractivity contribution in [2.45, 2.75) is 19.3 Å². The Morgan fingerprint density at radius 1 is 1.10 bits per heavy atom. The minimum atomic E-state index is -0.486. The van der Waals surface area contributed by atoms with Gasteiger partial charge in [0.2, 0.25) is 0 Å². The molecule has 0 aliphatic carbocycles. The predicted octanol–water partition coefficient (Wildman–Crippen LogP) is 2.09. The molecular formula is C17H22N2O2. The molecule has 1 aromatic heterocycles. The van der Waals surface area contributed by atoms with Crippen molar-refractivity contribution in [3.05, 3.63) is 66.0 Å². The van der Waals surface area contributed by atoms with Crippen LogP contribution in [0.25, 0.3) is 0 Å². The Morgan fingerprint density at radius 2 is 1.81 bits per heavy atom. The molecule has 4 heteroatoms. The van der Waals surface area contributed by atoms with E-state index in [0.29, 0.717) is 19.8 Å². The molecule has 0 spiro atoms. The van der Waals surface area contributed by atoms with Crippen LogP contribution in [0.5, 0.6) is 0 Å². The van der Waals surface area contributed by atoms with E-state index in [2.05, 4.69) is 9.88 Å². The van der Waals surface area contributed by atoms with Gasteiger partial charge < -0.3 is 9.84 Å².